The Morgan fingerprint density at radius 2 is 2.00 bits per heavy atom. The van der Waals surface area contributed by atoms with Crippen LogP contribution in [0.15, 0.2) is 30.3 Å². The molecule has 25 heavy (non-hydrogen) atoms. The van der Waals surface area contributed by atoms with Crippen LogP contribution in [0.1, 0.15) is 31.2 Å². The number of fused-ring (bicyclic) bond motifs is 1. The fraction of sp³-hybridized carbons (Fsp3) is 0.650. The van der Waals surface area contributed by atoms with Crippen LogP contribution in [0.5, 0.6) is 0 Å². The number of nitrogens with zero attached hydrogens (tertiary/aromatic N) is 2. The van der Waals surface area contributed by atoms with E-state index in [2.05, 4.69) is 21.9 Å². The van der Waals surface area contributed by atoms with Gasteiger partial charge in [0.1, 0.15) is 0 Å². The van der Waals surface area contributed by atoms with Crippen LogP contribution >= 0.6 is 0 Å². The predicted molar refractivity (Wildman–Crippen MR) is 99.1 cm³/mol. The molecule has 2 aliphatic heterocycles. The summed E-state index contributed by atoms with van der Waals surface area (Å²) < 4.78 is 5.83. The second-order valence-corrected chi connectivity index (χ2v) is 7.22. The Morgan fingerprint density at radius 3 is 2.80 bits per heavy atom. The van der Waals surface area contributed by atoms with Crippen molar-refractivity contribution in [3.8, 4) is 0 Å². The molecule has 5 nitrogen and oxygen atoms in total. The monoisotopic (exact) mass is 345 g/mol. The van der Waals surface area contributed by atoms with Gasteiger partial charge in [-0.2, -0.15) is 0 Å². The molecule has 0 aromatic heterocycles. The minimum Gasteiger partial charge on any atom is -0.375 e. The highest BCUT2D eigenvalue weighted by Gasteiger charge is 2.38. The number of hydrogen-bond donors (Lipinski definition) is 1. The largest absolute Gasteiger partial charge is 0.375 e. The molecule has 5 heteroatoms. The molecular weight excluding hydrogens is 314 g/mol. The van der Waals surface area contributed by atoms with Crippen molar-refractivity contribution in [1.82, 2.24) is 9.80 Å². The lowest BCUT2D eigenvalue weighted by atomic mass is 9.83. The van der Waals surface area contributed by atoms with Gasteiger partial charge in [-0.3, -0.25) is 4.79 Å². The van der Waals surface area contributed by atoms with Crippen molar-refractivity contribution in [2.45, 2.75) is 38.3 Å². The molecule has 2 N–H and O–H groups in total. The van der Waals surface area contributed by atoms with Crippen molar-refractivity contribution in [2.75, 3.05) is 39.3 Å². The zero-order valence-electron chi connectivity index (χ0n) is 15.1. The Balaban J connectivity index is 1.41. The molecule has 0 saturated carbocycles. The van der Waals surface area contributed by atoms with Crippen molar-refractivity contribution in [2.24, 2.45) is 11.7 Å². The third kappa shape index (κ3) is 5.03. The van der Waals surface area contributed by atoms with E-state index in [1.54, 1.807) is 0 Å². The van der Waals surface area contributed by atoms with Crippen molar-refractivity contribution in [3.63, 3.8) is 0 Å². The summed E-state index contributed by atoms with van der Waals surface area (Å²) in [7, 11) is 0. The molecule has 1 amide bonds. The molecule has 1 aromatic rings. The summed E-state index contributed by atoms with van der Waals surface area (Å²) in [6.45, 7) is 6.06. The van der Waals surface area contributed by atoms with Gasteiger partial charge in [0.2, 0.25) is 5.91 Å². The average Bonchev–Trinajstić information content (AvgIpc) is 2.65. The number of amides is 1. The fourth-order valence-corrected chi connectivity index (χ4v) is 4.14. The predicted octanol–water partition coefficient (Wildman–Crippen LogP) is 1.86. The summed E-state index contributed by atoms with van der Waals surface area (Å²) in [5.74, 6) is 0.938. The lowest BCUT2D eigenvalue weighted by Crippen LogP contribution is -2.56. The van der Waals surface area contributed by atoms with Crippen molar-refractivity contribution in [1.29, 1.82) is 0 Å². The van der Waals surface area contributed by atoms with E-state index in [1.807, 2.05) is 18.2 Å². The first-order valence-electron chi connectivity index (χ1n) is 9.61. The molecule has 0 unspecified atom stereocenters. The van der Waals surface area contributed by atoms with Crippen molar-refractivity contribution >= 4 is 5.91 Å². The Labute approximate surface area is 151 Å². The molecule has 138 valence electrons. The van der Waals surface area contributed by atoms with Crippen LogP contribution in [0.3, 0.4) is 0 Å². The maximum Gasteiger partial charge on any atom is 0.222 e. The van der Waals surface area contributed by atoms with E-state index < -0.39 is 0 Å². The van der Waals surface area contributed by atoms with Gasteiger partial charge in [0, 0.05) is 38.6 Å². The highest BCUT2D eigenvalue weighted by molar-refractivity contribution is 5.77. The molecule has 0 bridgehead atoms. The number of rotatable bonds is 8. The Kier molecular flexibility index (Phi) is 6.84. The van der Waals surface area contributed by atoms with Gasteiger partial charge in [0.15, 0.2) is 0 Å². The van der Waals surface area contributed by atoms with Crippen molar-refractivity contribution < 1.29 is 9.53 Å². The van der Waals surface area contributed by atoms with E-state index in [4.69, 9.17) is 10.5 Å². The summed E-state index contributed by atoms with van der Waals surface area (Å²) in [6.07, 6.45) is 3.72. The molecule has 3 rings (SSSR count). The number of ether oxygens (including phenoxy) is 1. The van der Waals surface area contributed by atoms with Gasteiger partial charge in [-0.25, -0.2) is 0 Å². The van der Waals surface area contributed by atoms with Gasteiger partial charge in [-0.15, -0.1) is 0 Å². The third-order valence-electron chi connectivity index (χ3n) is 5.49. The number of benzene rings is 1. The normalized spacial score (nSPS) is 24.4. The van der Waals surface area contributed by atoms with Gasteiger partial charge < -0.3 is 20.3 Å². The van der Waals surface area contributed by atoms with E-state index >= 15 is 0 Å². The van der Waals surface area contributed by atoms with Crippen LogP contribution in [0, 0.1) is 5.92 Å². The molecule has 0 aliphatic carbocycles. The van der Waals surface area contributed by atoms with Gasteiger partial charge in [-0.1, -0.05) is 30.3 Å². The van der Waals surface area contributed by atoms with Crippen LogP contribution in [0.25, 0.3) is 0 Å². The molecule has 2 atom stereocenters. The zero-order valence-corrected chi connectivity index (χ0v) is 15.1. The fourth-order valence-electron chi connectivity index (χ4n) is 4.14. The minimum absolute atomic E-state index is 0.328. The van der Waals surface area contributed by atoms with Gasteiger partial charge >= 0.3 is 0 Å². The molecule has 1 aromatic carbocycles. The number of likely N-dealkylation sites (tertiary alicyclic amines) is 2. The standard InChI is InChI=1S/C20H31N3O2/c21-10-4-11-23-19-9-12-22(15-18(19)7-8-20(23)24)13-14-25-16-17-5-2-1-3-6-17/h1-3,5-6,18-19H,4,7-16,21H2/t18-,19+/m0/s1. The minimum atomic E-state index is 0.328. The highest BCUT2D eigenvalue weighted by atomic mass is 16.5. The summed E-state index contributed by atoms with van der Waals surface area (Å²) in [4.78, 5) is 16.9. The topological polar surface area (TPSA) is 58.8 Å². The van der Waals surface area contributed by atoms with E-state index in [9.17, 15) is 4.79 Å². The second kappa shape index (κ2) is 9.32. The number of piperidine rings is 2. The lowest BCUT2D eigenvalue weighted by Gasteiger charge is -2.47. The Bertz CT molecular complexity index is 537. The third-order valence-corrected chi connectivity index (χ3v) is 5.49. The molecule has 0 radical (unpaired) electrons. The van der Waals surface area contributed by atoms with Gasteiger partial charge in [-0.05, 0) is 37.3 Å². The summed E-state index contributed by atoms with van der Waals surface area (Å²) >= 11 is 0. The van der Waals surface area contributed by atoms with E-state index in [-0.39, 0.29) is 0 Å². The van der Waals surface area contributed by atoms with Crippen LogP contribution < -0.4 is 5.73 Å². The first-order chi connectivity index (χ1) is 12.3. The van der Waals surface area contributed by atoms with Crippen LogP contribution in [0.2, 0.25) is 0 Å². The average molecular weight is 345 g/mol. The quantitative estimate of drug-likeness (QED) is 0.731. The molecule has 2 aliphatic rings. The number of nitrogens with two attached hydrogens (primary N) is 1. The first kappa shape index (κ1) is 18.4. The van der Waals surface area contributed by atoms with Gasteiger partial charge in [0.05, 0.1) is 13.2 Å². The maximum absolute atomic E-state index is 12.2. The smallest absolute Gasteiger partial charge is 0.222 e. The van der Waals surface area contributed by atoms with Crippen LogP contribution in [-0.2, 0) is 16.1 Å². The van der Waals surface area contributed by atoms with Crippen molar-refractivity contribution in [3.05, 3.63) is 35.9 Å². The van der Waals surface area contributed by atoms with E-state index in [1.165, 1.54) is 5.56 Å². The Hall–Kier alpha value is -1.43. The second-order valence-electron chi connectivity index (χ2n) is 7.22. The number of hydrogen-bond acceptors (Lipinski definition) is 4. The first-order valence-corrected chi connectivity index (χ1v) is 9.61. The highest BCUT2D eigenvalue weighted by Crippen LogP contribution is 2.31. The molecule has 2 heterocycles. The molecule has 2 saturated heterocycles. The molecule has 0 spiro atoms. The number of carbonyl (C=O) groups excluding carboxylic acids is 1. The molecular formula is C20H31N3O2. The molecule has 2 fully saturated rings. The lowest BCUT2D eigenvalue weighted by molar-refractivity contribution is -0.141. The SMILES string of the molecule is NCCCN1C(=O)CC[C@H]2CN(CCOCc3ccccc3)CC[C@H]21. The van der Waals surface area contributed by atoms with Crippen LogP contribution in [-0.4, -0.2) is 61.1 Å². The van der Waals surface area contributed by atoms with E-state index in [0.717, 1.165) is 52.0 Å². The zero-order chi connectivity index (χ0) is 17.5. The van der Waals surface area contributed by atoms with E-state index in [0.29, 0.717) is 37.4 Å². The van der Waals surface area contributed by atoms with Gasteiger partial charge in [0.25, 0.3) is 0 Å². The van der Waals surface area contributed by atoms with Crippen LogP contribution in [0.4, 0.5) is 0 Å². The Morgan fingerprint density at radius 1 is 1.16 bits per heavy atom. The summed E-state index contributed by atoms with van der Waals surface area (Å²) in [6, 6.07) is 10.7. The maximum atomic E-state index is 12.2. The summed E-state index contributed by atoms with van der Waals surface area (Å²) in [5, 5.41) is 0. The number of carbonyl (C=O) groups is 1. The summed E-state index contributed by atoms with van der Waals surface area (Å²) in [5.41, 5.74) is 6.86.